The molecule has 1 amide bonds. The maximum atomic E-state index is 12.0. The molecular formula is C12H24N2O3. The van der Waals surface area contributed by atoms with Gasteiger partial charge in [0.1, 0.15) is 0 Å². The highest BCUT2D eigenvalue weighted by Gasteiger charge is 2.39. The van der Waals surface area contributed by atoms with Crippen LogP contribution in [0, 0.1) is 5.41 Å². The number of nitrogens with one attached hydrogen (secondary N) is 1. The van der Waals surface area contributed by atoms with Crippen molar-refractivity contribution in [2.24, 2.45) is 11.1 Å². The van der Waals surface area contributed by atoms with Crippen LogP contribution < -0.4 is 11.1 Å². The van der Waals surface area contributed by atoms with Crippen LogP contribution in [0.15, 0.2) is 0 Å². The molecule has 5 nitrogen and oxygen atoms in total. The highest BCUT2D eigenvalue weighted by molar-refractivity contribution is 5.83. The lowest BCUT2D eigenvalue weighted by molar-refractivity contribution is -0.130. The fourth-order valence-corrected chi connectivity index (χ4v) is 2.39. The summed E-state index contributed by atoms with van der Waals surface area (Å²) in [6.45, 7) is 1.20. The highest BCUT2D eigenvalue weighted by Crippen LogP contribution is 2.37. The van der Waals surface area contributed by atoms with Gasteiger partial charge in [-0.3, -0.25) is 4.79 Å². The topological polar surface area (TPSA) is 84.6 Å². The van der Waals surface area contributed by atoms with Crippen LogP contribution in [0.4, 0.5) is 0 Å². The van der Waals surface area contributed by atoms with Gasteiger partial charge in [-0.1, -0.05) is 12.8 Å². The van der Waals surface area contributed by atoms with Crippen molar-refractivity contribution in [3.05, 3.63) is 0 Å². The normalized spacial score (nSPS) is 20.2. The molecule has 1 aliphatic carbocycles. The number of carbonyl (C=O) groups excluding carboxylic acids is 1. The zero-order valence-electron chi connectivity index (χ0n) is 10.6. The van der Waals surface area contributed by atoms with Crippen molar-refractivity contribution < 1.29 is 14.6 Å². The number of amides is 1. The summed E-state index contributed by atoms with van der Waals surface area (Å²) in [5.41, 5.74) is 5.36. The number of ether oxygens (including phenoxy) is 1. The molecule has 1 fully saturated rings. The summed E-state index contributed by atoms with van der Waals surface area (Å²) in [4.78, 5) is 12.0. The average molecular weight is 244 g/mol. The maximum Gasteiger partial charge on any atom is 0.227 e. The van der Waals surface area contributed by atoms with Gasteiger partial charge in [-0.2, -0.15) is 0 Å². The molecule has 100 valence electrons. The van der Waals surface area contributed by atoms with Gasteiger partial charge < -0.3 is 20.9 Å². The monoisotopic (exact) mass is 244 g/mol. The first-order chi connectivity index (χ1) is 8.14. The summed E-state index contributed by atoms with van der Waals surface area (Å²) >= 11 is 0. The quantitative estimate of drug-likeness (QED) is 0.589. The minimum Gasteiger partial charge on any atom is -0.391 e. The molecule has 0 spiro atoms. The number of carbonyl (C=O) groups is 1. The standard InChI is InChI=1S/C12H24N2O3/c1-17-8-10(15)4-7-14-11(16)12(9-13)5-2-3-6-12/h10,15H,2-9,13H2,1H3,(H,14,16). The van der Waals surface area contributed by atoms with E-state index < -0.39 is 6.10 Å². The van der Waals surface area contributed by atoms with Crippen LogP contribution >= 0.6 is 0 Å². The smallest absolute Gasteiger partial charge is 0.227 e. The predicted molar refractivity (Wildman–Crippen MR) is 65.5 cm³/mol. The van der Waals surface area contributed by atoms with Crippen LogP contribution in [0.2, 0.25) is 0 Å². The van der Waals surface area contributed by atoms with Crippen LogP contribution in [0.1, 0.15) is 32.1 Å². The molecule has 0 aromatic rings. The van der Waals surface area contributed by atoms with Crippen molar-refractivity contribution in [1.82, 2.24) is 5.32 Å². The summed E-state index contributed by atoms with van der Waals surface area (Å²) < 4.78 is 4.82. The van der Waals surface area contributed by atoms with Crippen LogP contribution in [0.5, 0.6) is 0 Å². The fourth-order valence-electron chi connectivity index (χ4n) is 2.39. The zero-order valence-corrected chi connectivity index (χ0v) is 10.6. The van der Waals surface area contributed by atoms with Crippen molar-refractivity contribution in [1.29, 1.82) is 0 Å². The first-order valence-corrected chi connectivity index (χ1v) is 6.30. The first kappa shape index (κ1) is 14.4. The fraction of sp³-hybridized carbons (Fsp3) is 0.917. The van der Waals surface area contributed by atoms with Gasteiger partial charge in [0, 0.05) is 20.2 Å². The molecule has 5 heteroatoms. The predicted octanol–water partition coefficient (Wildman–Crippen LogP) is 0.0191. The maximum absolute atomic E-state index is 12.0. The van der Waals surface area contributed by atoms with Gasteiger partial charge in [0.15, 0.2) is 0 Å². The number of methoxy groups -OCH3 is 1. The molecule has 1 saturated carbocycles. The Labute approximate surface area is 103 Å². The Bertz CT molecular complexity index is 240. The molecule has 0 aromatic heterocycles. The Morgan fingerprint density at radius 3 is 2.71 bits per heavy atom. The summed E-state index contributed by atoms with van der Waals surface area (Å²) in [6.07, 6.45) is 3.93. The van der Waals surface area contributed by atoms with Crippen LogP contribution in [0.25, 0.3) is 0 Å². The molecule has 1 aliphatic rings. The van der Waals surface area contributed by atoms with Gasteiger partial charge >= 0.3 is 0 Å². The summed E-state index contributed by atoms with van der Waals surface area (Å²) in [6, 6.07) is 0. The van der Waals surface area contributed by atoms with E-state index in [2.05, 4.69) is 5.32 Å². The molecule has 0 bridgehead atoms. The van der Waals surface area contributed by atoms with Gasteiger partial charge in [0.25, 0.3) is 0 Å². The second-order valence-corrected chi connectivity index (χ2v) is 4.85. The summed E-state index contributed by atoms with van der Waals surface area (Å²) in [5, 5.41) is 12.3. The molecule has 0 aromatic carbocycles. The lowest BCUT2D eigenvalue weighted by Gasteiger charge is -2.25. The van der Waals surface area contributed by atoms with Crippen molar-refractivity contribution in [3.63, 3.8) is 0 Å². The molecule has 17 heavy (non-hydrogen) atoms. The molecule has 0 aliphatic heterocycles. The number of aliphatic hydroxyl groups excluding tert-OH is 1. The minimum absolute atomic E-state index is 0.0436. The van der Waals surface area contributed by atoms with E-state index in [-0.39, 0.29) is 11.3 Å². The molecule has 4 N–H and O–H groups in total. The van der Waals surface area contributed by atoms with Crippen molar-refractivity contribution in [2.75, 3.05) is 26.8 Å². The van der Waals surface area contributed by atoms with E-state index in [9.17, 15) is 9.90 Å². The Hall–Kier alpha value is -0.650. The Morgan fingerprint density at radius 1 is 1.53 bits per heavy atom. The first-order valence-electron chi connectivity index (χ1n) is 6.30. The van der Waals surface area contributed by atoms with Gasteiger partial charge in [0.2, 0.25) is 5.91 Å². The molecule has 0 saturated heterocycles. The number of aliphatic hydroxyl groups is 1. The number of hydrogen-bond donors (Lipinski definition) is 3. The second-order valence-electron chi connectivity index (χ2n) is 4.85. The summed E-state index contributed by atoms with van der Waals surface area (Å²) in [5.74, 6) is 0.0436. The lowest BCUT2D eigenvalue weighted by Crippen LogP contribution is -2.45. The third-order valence-corrected chi connectivity index (χ3v) is 3.56. The van der Waals surface area contributed by atoms with E-state index in [0.717, 1.165) is 25.7 Å². The van der Waals surface area contributed by atoms with Gasteiger partial charge in [-0.05, 0) is 19.3 Å². The number of hydrogen-bond acceptors (Lipinski definition) is 4. The van der Waals surface area contributed by atoms with E-state index >= 15 is 0 Å². The average Bonchev–Trinajstić information content (AvgIpc) is 2.79. The molecular weight excluding hydrogens is 220 g/mol. The van der Waals surface area contributed by atoms with Gasteiger partial charge in [-0.25, -0.2) is 0 Å². The number of rotatable bonds is 7. The number of nitrogens with two attached hydrogens (primary N) is 1. The van der Waals surface area contributed by atoms with Crippen LogP contribution in [-0.4, -0.2) is 43.9 Å². The second kappa shape index (κ2) is 6.93. The molecule has 0 heterocycles. The Balaban J connectivity index is 2.28. The lowest BCUT2D eigenvalue weighted by atomic mass is 9.85. The van der Waals surface area contributed by atoms with E-state index in [4.69, 9.17) is 10.5 Å². The SMILES string of the molecule is COCC(O)CCNC(=O)C1(CN)CCCC1. The van der Waals surface area contributed by atoms with Crippen LogP contribution in [-0.2, 0) is 9.53 Å². The minimum atomic E-state index is -0.516. The largest absolute Gasteiger partial charge is 0.391 e. The third kappa shape index (κ3) is 3.94. The third-order valence-electron chi connectivity index (χ3n) is 3.56. The van der Waals surface area contributed by atoms with E-state index in [1.807, 2.05) is 0 Å². The highest BCUT2D eigenvalue weighted by atomic mass is 16.5. The van der Waals surface area contributed by atoms with Crippen molar-refractivity contribution >= 4 is 5.91 Å². The Morgan fingerprint density at radius 2 is 2.18 bits per heavy atom. The molecule has 1 unspecified atom stereocenters. The van der Waals surface area contributed by atoms with Crippen molar-refractivity contribution in [2.45, 2.75) is 38.2 Å². The van der Waals surface area contributed by atoms with E-state index in [1.54, 1.807) is 7.11 Å². The summed E-state index contributed by atoms with van der Waals surface area (Å²) in [7, 11) is 1.55. The zero-order chi connectivity index (χ0) is 12.7. The van der Waals surface area contributed by atoms with E-state index in [0.29, 0.717) is 26.1 Å². The molecule has 1 rings (SSSR count). The molecule has 1 atom stereocenters. The van der Waals surface area contributed by atoms with Gasteiger partial charge in [-0.15, -0.1) is 0 Å². The van der Waals surface area contributed by atoms with Crippen molar-refractivity contribution in [3.8, 4) is 0 Å². The van der Waals surface area contributed by atoms with E-state index in [1.165, 1.54) is 0 Å². The van der Waals surface area contributed by atoms with Crippen LogP contribution in [0.3, 0.4) is 0 Å². The van der Waals surface area contributed by atoms with Gasteiger partial charge in [0.05, 0.1) is 18.1 Å². The molecule has 0 radical (unpaired) electrons. The Kier molecular flexibility index (Phi) is 5.88.